The highest BCUT2D eigenvalue weighted by atomic mass is 16.7. The SMILES string of the molecule is CC(=O)N[C@H]1[C@H](OCCc2ccc([N+](=O)[O-])cc2)O[C@H](COC(C)=O)[C@@H](OC(C)=O)[C@@H]1OC(C)=O. The van der Waals surface area contributed by atoms with Gasteiger partial charge in [0.25, 0.3) is 5.69 Å². The van der Waals surface area contributed by atoms with E-state index in [0.29, 0.717) is 6.42 Å². The number of benzene rings is 1. The quantitative estimate of drug-likeness (QED) is 0.210. The predicted octanol–water partition coefficient (Wildman–Crippen LogP) is 0.810. The molecule has 0 aliphatic carbocycles. The molecular weight excluding hydrogens is 468 g/mol. The predicted molar refractivity (Wildman–Crippen MR) is 117 cm³/mol. The van der Waals surface area contributed by atoms with Gasteiger partial charge in [-0.25, -0.2) is 0 Å². The first-order valence-electron chi connectivity index (χ1n) is 10.7. The van der Waals surface area contributed by atoms with Gasteiger partial charge in [-0.1, -0.05) is 12.1 Å². The summed E-state index contributed by atoms with van der Waals surface area (Å²) in [6, 6.07) is 4.82. The van der Waals surface area contributed by atoms with Crippen LogP contribution in [0.4, 0.5) is 5.69 Å². The summed E-state index contributed by atoms with van der Waals surface area (Å²) in [6.07, 6.45) is -4.32. The summed E-state index contributed by atoms with van der Waals surface area (Å²) >= 11 is 0. The Kier molecular flexibility index (Phi) is 10.1. The van der Waals surface area contributed by atoms with Crippen LogP contribution in [0.25, 0.3) is 0 Å². The number of nitro benzene ring substituents is 1. The van der Waals surface area contributed by atoms with Gasteiger partial charge in [0.15, 0.2) is 18.5 Å². The van der Waals surface area contributed by atoms with Crippen LogP contribution in [0.5, 0.6) is 0 Å². The molecule has 1 heterocycles. The lowest BCUT2D eigenvalue weighted by Crippen LogP contribution is -2.66. The summed E-state index contributed by atoms with van der Waals surface area (Å²) in [5.74, 6) is -2.51. The molecule has 0 spiro atoms. The summed E-state index contributed by atoms with van der Waals surface area (Å²) in [5.41, 5.74) is 0.693. The zero-order valence-electron chi connectivity index (χ0n) is 19.8. The van der Waals surface area contributed by atoms with Gasteiger partial charge in [0.1, 0.15) is 18.8 Å². The first-order chi connectivity index (χ1) is 16.5. The molecule has 0 radical (unpaired) electrons. The van der Waals surface area contributed by atoms with E-state index in [4.69, 9.17) is 23.7 Å². The van der Waals surface area contributed by atoms with E-state index in [1.165, 1.54) is 26.0 Å². The van der Waals surface area contributed by atoms with Crippen molar-refractivity contribution in [1.29, 1.82) is 0 Å². The molecule has 1 N–H and O–H groups in total. The van der Waals surface area contributed by atoms with E-state index in [1.54, 1.807) is 12.1 Å². The van der Waals surface area contributed by atoms with Crippen molar-refractivity contribution in [2.24, 2.45) is 0 Å². The number of esters is 3. The van der Waals surface area contributed by atoms with E-state index in [9.17, 15) is 29.3 Å². The fraction of sp³-hybridized carbons (Fsp3) is 0.545. The first-order valence-corrected chi connectivity index (χ1v) is 10.7. The molecule has 1 aromatic carbocycles. The third-order valence-corrected chi connectivity index (χ3v) is 4.89. The van der Waals surface area contributed by atoms with Crippen molar-refractivity contribution in [3.05, 3.63) is 39.9 Å². The van der Waals surface area contributed by atoms with Crippen molar-refractivity contribution in [3.63, 3.8) is 0 Å². The van der Waals surface area contributed by atoms with Gasteiger partial charge < -0.3 is 29.0 Å². The molecule has 13 heteroatoms. The number of hydrogen-bond acceptors (Lipinski definition) is 11. The van der Waals surface area contributed by atoms with Crippen molar-refractivity contribution >= 4 is 29.5 Å². The number of hydrogen-bond donors (Lipinski definition) is 1. The van der Waals surface area contributed by atoms with Crippen LogP contribution in [-0.2, 0) is 49.3 Å². The monoisotopic (exact) mass is 496 g/mol. The number of non-ortho nitro benzene ring substituents is 1. The molecule has 2 rings (SSSR count). The van der Waals surface area contributed by atoms with Crippen molar-refractivity contribution in [2.45, 2.75) is 64.8 Å². The van der Waals surface area contributed by atoms with Gasteiger partial charge in [0, 0.05) is 39.8 Å². The highest BCUT2D eigenvalue weighted by Crippen LogP contribution is 2.28. The second-order valence-electron chi connectivity index (χ2n) is 7.76. The van der Waals surface area contributed by atoms with Crippen LogP contribution in [0, 0.1) is 10.1 Å². The van der Waals surface area contributed by atoms with Crippen molar-refractivity contribution in [1.82, 2.24) is 5.32 Å². The molecule has 5 atom stereocenters. The van der Waals surface area contributed by atoms with Crippen molar-refractivity contribution in [2.75, 3.05) is 13.2 Å². The van der Waals surface area contributed by atoms with Gasteiger partial charge in [-0.15, -0.1) is 0 Å². The number of ether oxygens (including phenoxy) is 5. The molecular formula is C22H28N2O11. The van der Waals surface area contributed by atoms with Crippen LogP contribution in [0.3, 0.4) is 0 Å². The van der Waals surface area contributed by atoms with Crippen molar-refractivity contribution in [3.8, 4) is 0 Å². The number of nitro groups is 1. The topological polar surface area (TPSA) is 170 Å². The highest BCUT2D eigenvalue weighted by Gasteiger charge is 2.51. The summed E-state index contributed by atoms with van der Waals surface area (Å²) in [7, 11) is 0. The van der Waals surface area contributed by atoms with Gasteiger partial charge in [-0.05, 0) is 12.0 Å². The normalized spacial score (nSPS) is 23.6. The maximum atomic E-state index is 11.9. The molecule has 1 aromatic rings. The van der Waals surface area contributed by atoms with Gasteiger partial charge in [0.05, 0.1) is 11.5 Å². The first kappa shape index (κ1) is 27.7. The van der Waals surface area contributed by atoms with Crippen LogP contribution >= 0.6 is 0 Å². The fourth-order valence-corrected chi connectivity index (χ4v) is 3.51. The van der Waals surface area contributed by atoms with E-state index >= 15 is 0 Å². The molecule has 1 saturated heterocycles. The Hall–Kier alpha value is -3.58. The zero-order valence-corrected chi connectivity index (χ0v) is 19.8. The molecule has 1 aliphatic rings. The molecule has 1 fully saturated rings. The average Bonchev–Trinajstić information content (AvgIpc) is 2.75. The van der Waals surface area contributed by atoms with Crippen molar-refractivity contribution < 1.29 is 47.8 Å². The molecule has 13 nitrogen and oxygen atoms in total. The lowest BCUT2D eigenvalue weighted by molar-refractivity contribution is -0.384. The Morgan fingerprint density at radius 2 is 1.57 bits per heavy atom. The van der Waals surface area contributed by atoms with Crippen LogP contribution in [0.2, 0.25) is 0 Å². The Morgan fingerprint density at radius 1 is 0.971 bits per heavy atom. The lowest BCUT2D eigenvalue weighted by Gasteiger charge is -2.44. The van der Waals surface area contributed by atoms with Gasteiger partial charge >= 0.3 is 17.9 Å². The van der Waals surface area contributed by atoms with Crippen LogP contribution < -0.4 is 5.32 Å². The van der Waals surface area contributed by atoms with E-state index in [0.717, 1.165) is 19.4 Å². The second-order valence-corrected chi connectivity index (χ2v) is 7.76. The smallest absolute Gasteiger partial charge is 0.303 e. The minimum Gasteiger partial charge on any atom is -0.463 e. The molecule has 0 saturated carbocycles. The zero-order chi connectivity index (χ0) is 26.1. The largest absolute Gasteiger partial charge is 0.463 e. The number of nitrogens with zero attached hydrogens (tertiary/aromatic N) is 1. The maximum Gasteiger partial charge on any atom is 0.303 e. The minimum atomic E-state index is -1.21. The molecule has 192 valence electrons. The molecule has 1 aliphatic heterocycles. The maximum absolute atomic E-state index is 11.9. The lowest BCUT2D eigenvalue weighted by atomic mass is 9.96. The van der Waals surface area contributed by atoms with Gasteiger partial charge in [-0.2, -0.15) is 0 Å². The number of carbonyl (C=O) groups excluding carboxylic acids is 4. The molecule has 0 aromatic heterocycles. The summed E-state index contributed by atoms with van der Waals surface area (Å²) < 4.78 is 27.5. The number of rotatable bonds is 10. The standard InChI is InChI=1S/C22H28N2O11/c1-12(25)23-19-21(34-15(4)28)20(33-14(3)27)18(11-32-13(2)26)35-22(19)31-10-9-16-5-7-17(8-6-16)24(29)30/h5-8,18-22H,9-11H2,1-4H3,(H,23,25)/t18-,19-,20-,21-,22-/m1/s1. The second kappa shape index (κ2) is 12.8. The molecule has 0 unspecified atom stereocenters. The number of nitrogens with one attached hydrogen (secondary N) is 1. The van der Waals surface area contributed by atoms with E-state index in [2.05, 4.69) is 5.32 Å². The summed E-state index contributed by atoms with van der Waals surface area (Å²) in [4.78, 5) is 57.2. The average molecular weight is 496 g/mol. The fourth-order valence-electron chi connectivity index (χ4n) is 3.51. The third kappa shape index (κ3) is 8.61. The Labute approximate surface area is 201 Å². The van der Waals surface area contributed by atoms with E-state index in [1.807, 2.05) is 0 Å². The van der Waals surface area contributed by atoms with E-state index in [-0.39, 0.29) is 18.9 Å². The van der Waals surface area contributed by atoms with Gasteiger partial charge in [-0.3, -0.25) is 29.3 Å². The highest BCUT2D eigenvalue weighted by molar-refractivity contribution is 5.73. The van der Waals surface area contributed by atoms with Crippen LogP contribution in [0.15, 0.2) is 24.3 Å². The Morgan fingerprint density at radius 3 is 2.09 bits per heavy atom. The van der Waals surface area contributed by atoms with Crippen LogP contribution in [0.1, 0.15) is 33.3 Å². The number of carbonyl (C=O) groups is 4. The van der Waals surface area contributed by atoms with Crippen LogP contribution in [-0.4, -0.2) is 72.6 Å². The van der Waals surface area contributed by atoms with Gasteiger partial charge in [0.2, 0.25) is 5.91 Å². The number of amides is 1. The van der Waals surface area contributed by atoms with E-state index < -0.39 is 59.4 Å². The molecule has 1 amide bonds. The molecule has 0 bridgehead atoms. The Bertz CT molecular complexity index is 934. The minimum absolute atomic E-state index is 0.0509. The Balaban J connectivity index is 2.26. The summed E-state index contributed by atoms with van der Waals surface area (Å²) in [6.45, 7) is 4.45. The summed E-state index contributed by atoms with van der Waals surface area (Å²) in [5, 5.41) is 13.4. The molecule has 35 heavy (non-hydrogen) atoms. The third-order valence-electron chi connectivity index (χ3n) is 4.89.